The molecule has 0 bridgehead atoms. The molecule has 2 aromatic rings. The summed E-state index contributed by atoms with van der Waals surface area (Å²) in [6.45, 7) is 1.35. The summed E-state index contributed by atoms with van der Waals surface area (Å²) in [4.78, 5) is 0. The van der Waals surface area contributed by atoms with E-state index < -0.39 is 18.1 Å². The van der Waals surface area contributed by atoms with Crippen LogP contribution in [0.2, 0.25) is 17.7 Å². The first-order valence-corrected chi connectivity index (χ1v) is 8.98. The van der Waals surface area contributed by atoms with Gasteiger partial charge in [-0.2, -0.15) is 0 Å². The molecule has 0 N–H and O–H groups in total. The second-order valence-corrected chi connectivity index (χ2v) is 7.45. The van der Waals surface area contributed by atoms with E-state index in [2.05, 4.69) is 48.9 Å². The Morgan fingerprint density at radius 1 is 1.00 bits per heavy atom. The highest BCUT2D eigenvalue weighted by molar-refractivity contribution is 7.54. The third-order valence-electron chi connectivity index (χ3n) is 6.02. The molecular weight excluding hydrogens is 302 g/mol. The van der Waals surface area contributed by atoms with Crippen molar-refractivity contribution in [3.8, 4) is 11.1 Å². The highest BCUT2D eigenvalue weighted by Gasteiger charge is 2.65. The van der Waals surface area contributed by atoms with Crippen LogP contribution in [-0.2, 0) is 7.05 Å². The molecular formula is C15H15B10N+. The Balaban J connectivity index is 1.93. The maximum Gasteiger partial charge on any atom is 0.221 e. The number of nitrogens with zero attached hydrogens (tertiary/aromatic N) is 1. The summed E-state index contributed by atoms with van der Waals surface area (Å²) in [6.07, 6.45) is 2.14. The van der Waals surface area contributed by atoms with Gasteiger partial charge in [-0.15, -0.1) is 10.8 Å². The zero-order valence-electron chi connectivity index (χ0n) is 15.4. The molecule has 2 heterocycles. The van der Waals surface area contributed by atoms with Gasteiger partial charge in [0.1, 0.15) is 19.2 Å². The van der Waals surface area contributed by atoms with E-state index in [1.807, 2.05) is 18.2 Å². The summed E-state index contributed by atoms with van der Waals surface area (Å²) in [6, 6.07) is 14.6. The van der Waals surface area contributed by atoms with Crippen molar-refractivity contribution < 1.29 is 4.57 Å². The molecule has 11 heteroatoms. The van der Waals surface area contributed by atoms with Gasteiger partial charge in [0, 0.05) is 64.4 Å². The van der Waals surface area contributed by atoms with E-state index in [-0.39, 0.29) is 12.3 Å². The Kier molecular flexibility index (Phi) is 5.75. The Bertz CT molecular complexity index is 760. The van der Waals surface area contributed by atoms with Gasteiger partial charge in [0.2, 0.25) is 6.60 Å². The average molecular weight is 317 g/mol. The Hall–Kier alpha value is -0.981. The molecule has 11 radical (unpaired) electrons. The Morgan fingerprint density at radius 3 is 2.12 bits per heavy atom. The van der Waals surface area contributed by atoms with Crippen LogP contribution in [0.25, 0.3) is 11.1 Å². The van der Waals surface area contributed by atoms with Gasteiger partial charge in [0.15, 0.2) is 6.20 Å². The molecule has 1 nitrogen and oxygen atoms in total. The molecule has 0 saturated carbocycles. The van der Waals surface area contributed by atoms with E-state index in [0.29, 0.717) is 6.60 Å². The molecule has 26 heavy (non-hydrogen) atoms. The molecule has 1 unspecified atom stereocenters. The van der Waals surface area contributed by atoms with Crippen LogP contribution < -0.4 is 10.2 Å². The van der Waals surface area contributed by atoms with Crippen molar-refractivity contribution in [2.45, 2.75) is 17.7 Å². The summed E-state index contributed by atoms with van der Waals surface area (Å²) in [5.74, 6) is 0. The van der Waals surface area contributed by atoms with Crippen LogP contribution in [0.15, 0.2) is 48.7 Å². The molecule has 1 aliphatic rings. The molecule has 1 aliphatic heterocycles. The van der Waals surface area contributed by atoms with Gasteiger partial charge in [0.25, 0.3) is 0 Å². The summed E-state index contributed by atoms with van der Waals surface area (Å²) < 4.78 is 2.16. The topological polar surface area (TPSA) is 3.88 Å². The molecule has 0 spiro atoms. The van der Waals surface area contributed by atoms with Crippen molar-refractivity contribution in [2.75, 3.05) is 0 Å². The first-order chi connectivity index (χ1) is 12.3. The fourth-order valence-electron chi connectivity index (χ4n) is 4.45. The van der Waals surface area contributed by atoms with Crippen molar-refractivity contribution in [2.24, 2.45) is 7.05 Å². The molecule has 1 atom stereocenters. The fraction of sp³-hybridized carbons (Fsp3) is 0.267. The maximum atomic E-state index is 6.06. The van der Waals surface area contributed by atoms with E-state index in [1.54, 1.807) is 0 Å². The molecule has 1 aromatic heterocycles. The molecule has 0 amide bonds. The number of rotatable bonds is 6. The number of hydrogen-bond donors (Lipinski definition) is 0. The second-order valence-electron chi connectivity index (χ2n) is 7.45. The van der Waals surface area contributed by atoms with Crippen LogP contribution in [0.1, 0.15) is 0 Å². The minimum absolute atomic E-state index is 0.112. The molecule has 1 fully saturated rings. The quantitative estimate of drug-likeness (QED) is 0.460. The lowest BCUT2D eigenvalue weighted by atomic mass is 8.84. The standard InChI is InChI=1S/C15H15B10N/c1-22-14(15(21-16,24(17)18)25(19)20)23(22)13-9-8-12(10-26(13)2)11-6-4-3-5-7-11/h3-10,14H,1-2H3/q+1. The van der Waals surface area contributed by atoms with Gasteiger partial charge < -0.3 is 0 Å². The lowest BCUT2D eigenvalue weighted by Crippen LogP contribution is -2.55. The highest BCUT2D eigenvalue weighted by atomic mass is 14.9. The van der Waals surface area contributed by atoms with Crippen LogP contribution >= 0.6 is 0 Å². The molecule has 1 aromatic carbocycles. The Morgan fingerprint density at radius 2 is 1.62 bits per heavy atom. The predicted molar refractivity (Wildman–Crippen MR) is 123 cm³/mol. The van der Waals surface area contributed by atoms with Crippen LogP contribution in [0.3, 0.4) is 0 Å². The first kappa shape index (κ1) is 19.8. The summed E-state index contributed by atoms with van der Waals surface area (Å²) in [5, 5.41) is -0.796. The van der Waals surface area contributed by atoms with Crippen molar-refractivity contribution in [3.63, 3.8) is 0 Å². The lowest BCUT2D eigenvalue weighted by Gasteiger charge is -2.43. The monoisotopic (exact) mass is 319 g/mol. The average Bonchev–Trinajstić information content (AvgIpc) is 3.27. The fourth-order valence-corrected chi connectivity index (χ4v) is 4.45. The molecule has 109 valence electrons. The maximum absolute atomic E-state index is 6.06. The van der Waals surface area contributed by atoms with E-state index in [0.717, 1.165) is 0 Å². The largest absolute Gasteiger partial charge is 0.221 e. The number of benzene rings is 1. The SMILES string of the molecule is [B][B]C(B([B])[B])(B([B])[B])C1B(C)B1c1ccc(-c2ccccc2)c[n+]1C. The van der Waals surface area contributed by atoms with Crippen LogP contribution in [0.4, 0.5) is 0 Å². The number of pyridine rings is 1. The number of aryl methyl sites for hydroxylation is 1. The molecule has 0 aliphatic carbocycles. The minimum Gasteiger partial charge on any atom is -0.215 e. The lowest BCUT2D eigenvalue weighted by molar-refractivity contribution is -0.653. The van der Waals surface area contributed by atoms with E-state index >= 15 is 0 Å². The van der Waals surface area contributed by atoms with Gasteiger partial charge in [-0.1, -0.05) is 37.2 Å². The van der Waals surface area contributed by atoms with E-state index in [1.165, 1.54) is 23.9 Å². The van der Waals surface area contributed by atoms with Gasteiger partial charge in [-0.05, 0) is 17.7 Å². The summed E-state index contributed by atoms with van der Waals surface area (Å²) in [5.41, 5.74) is 3.67. The third kappa shape index (κ3) is 3.20. The summed E-state index contributed by atoms with van der Waals surface area (Å²) >= 11 is 0. The van der Waals surface area contributed by atoms with Crippen LogP contribution in [0, 0.1) is 0 Å². The van der Waals surface area contributed by atoms with Crippen LogP contribution in [0.5, 0.6) is 0 Å². The molecule has 1 saturated heterocycles. The summed E-state index contributed by atoms with van der Waals surface area (Å²) in [7, 11) is 33.8. The van der Waals surface area contributed by atoms with Crippen molar-refractivity contribution in [1.29, 1.82) is 0 Å². The highest BCUT2D eigenvalue weighted by Crippen LogP contribution is 2.54. The van der Waals surface area contributed by atoms with Gasteiger partial charge in [0.05, 0.1) is 0 Å². The first-order valence-electron chi connectivity index (χ1n) is 8.98. The smallest absolute Gasteiger partial charge is 0.215 e. The van der Waals surface area contributed by atoms with Crippen molar-refractivity contribution in [3.05, 3.63) is 48.7 Å². The third-order valence-corrected chi connectivity index (χ3v) is 6.02. The number of aromatic nitrogens is 1. The van der Waals surface area contributed by atoms with Crippen molar-refractivity contribution in [1.82, 2.24) is 0 Å². The second kappa shape index (κ2) is 7.56. The van der Waals surface area contributed by atoms with E-state index in [4.69, 9.17) is 38.7 Å². The van der Waals surface area contributed by atoms with Gasteiger partial charge >= 0.3 is 0 Å². The number of hydrogen-bond acceptors (Lipinski definition) is 0. The van der Waals surface area contributed by atoms with Crippen LogP contribution in [-0.4, -0.2) is 72.1 Å². The van der Waals surface area contributed by atoms with Gasteiger partial charge in [-0.3, -0.25) is 0 Å². The Labute approximate surface area is 166 Å². The predicted octanol–water partition coefficient (Wildman–Crippen LogP) is -1.32. The van der Waals surface area contributed by atoms with Crippen molar-refractivity contribution >= 4 is 77.6 Å². The zero-order valence-corrected chi connectivity index (χ0v) is 15.4. The zero-order chi connectivity index (χ0) is 19.1. The minimum atomic E-state index is -0.796. The van der Waals surface area contributed by atoms with E-state index in [9.17, 15) is 0 Å². The van der Waals surface area contributed by atoms with Gasteiger partial charge in [-0.25, -0.2) is 4.57 Å². The normalized spacial score (nSPS) is 16.3. The molecule has 3 rings (SSSR count).